The van der Waals surface area contributed by atoms with E-state index in [4.69, 9.17) is 16.3 Å². The van der Waals surface area contributed by atoms with Crippen molar-refractivity contribution in [2.24, 2.45) is 0 Å². The van der Waals surface area contributed by atoms with Gasteiger partial charge in [0, 0.05) is 11.6 Å². The van der Waals surface area contributed by atoms with Crippen molar-refractivity contribution in [2.75, 3.05) is 38.2 Å². The molecule has 1 aromatic rings. The summed E-state index contributed by atoms with van der Waals surface area (Å²) in [6.45, 7) is 2.99. The summed E-state index contributed by atoms with van der Waals surface area (Å²) in [4.78, 5) is 13.9. The van der Waals surface area contributed by atoms with Gasteiger partial charge in [0.25, 0.3) is 0 Å². The third-order valence-electron chi connectivity index (χ3n) is 3.91. The Morgan fingerprint density at radius 1 is 1.38 bits per heavy atom. The minimum absolute atomic E-state index is 0.00906. The van der Waals surface area contributed by atoms with Crippen molar-refractivity contribution >= 4 is 27.3 Å². The van der Waals surface area contributed by atoms with E-state index in [0.29, 0.717) is 24.6 Å². The molecule has 8 heteroatoms. The molecular weight excluding hydrogens is 352 g/mol. The van der Waals surface area contributed by atoms with E-state index < -0.39 is 15.4 Å². The van der Waals surface area contributed by atoms with Gasteiger partial charge in [0.15, 0.2) is 9.84 Å². The maximum absolute atomic E-state index is 12.1. The molecule has 0 unspecified atom stereocenters. The number of amides is 1. The summed E-state index contributed by atoms with van der Waals surface area (Å²) in [5.74, 6) is 0.688. The summed E-state index contributed by atoms with van der Waals surface area (Å²) >= 11 is 5.81. The molecule has 0 spiro atoms. The zero-order valence-corrected chi connectivity index (χ0v) is 15.5. The van der Waals surface area contributed by atoms with Crippen molar-refractivity contribution in [3.8, 4) is 5.75 Å². The Morgan fingerprint density at radius 3 is 2.62 bits per heavy atom. The van der Waals surface area contributed by atoms with Gasteiger partial charge in [-0.05, 0) is 44.7 Å². The normalized spacial score (nSPS) is 22.5. The number of benzene rings is 1. The van der Waals surface area contributed by atoms with E-state index in [1.165, 1.54) is 0 Å². The van der Waals surface area contributed by atoms with Crippen LogP contribution in [0.2, 0.25) is 5.02 Å². The van der Waals surface area contributed by atoms with Gasteiger partial charge in [-0.1, -0.05) is 11.6 Å². The van der Waals surface area contributed by atoms with Crippen molar-refractivity contribution in [1.82, 2.24) is 10.2 Å². The SMILES string of the molecule is CN(CCOc1ccc(Cl)cc1)CC(=O)N[C@@]1(C)CCS(=O)(=O)C1. The number of likely N-dealkylation sites (N-methyl/N-ethyl adjacent to an activating group) is 1. The molecule has 2 rings (SSSR count). The number of carbonyl (C=O) groups excluding carboxylic acids is 1. The van der Waals surface area contributed by atoms with Crippen LogP contribution < -0.4 is 10.1 Å². The molecule has 0 aromatic heterocycles. The van der Waals surface area contributed by atoms with Gasteiger partial charge in [0.05, 0.1) is 23.6 Å². The number of halogens is 1. The molecule has 1 heterocycles. The Labute approximate surface area is 148 Å². The lowest BCUT2D eigenvalue weighted by Gasteiger charge is -2.25. The van der Waals surface area contributed by atoms with Crippen LogP contribution in [0.1, 0.15) is 13.3 Å². The Morgan fingerprint density at radius 2 is 2.04 bits per heavy atom. The first-order valence-corrected chi connectivity index (χ1v) is 9.96. The van der Waals surface area contributed by atoms with Crippen LogP contribution in [0.4, 0.5) is 0 Å². The first-order valence-electron chi connectivity index (χ1n) is 7.76. The number of sulfone groups is 1. The average Bonchev–Trinajstić information content (AvgIpc) is 2.74. The molecule has 1 amide bonds. The van der Waals surface area contributed by atoms with Crippen molar-refractivity contribution in [1.29, 1.82) is 0 Å². The number of hydrogen-bond donors (Lipinski definition) is 1. The molecule has 0 saturated carbocycles. The highest BCUT2D eigenvalue weighted by Crippen LogP contribution is 2.22. The maximum atomic E-state index is 12.1. The highest BCUT2D eigenvalue weighted by Gasteiger charge is 2.39. The van der Waals surface area contributed by atoms with Gasteiger partial charge >= 0.3 is 0 Å². The molecule has 24 heavy (non-hydrogen) atoms. The van der Waals surface area contributed by atoms with E-state index in [2.05, 4.69) is 5.32 Å². The fraction of sp³-hybridized carbons (Fsp3) is 0.562. The summed E-state index contributed by atoms with van der Waals surface area (Å²) in [5.41, 5.74) is -0.656. The van der Waals surface area contributed by atoms with Crippen LogP contribution in [-0.2, 0) is 14.6 Å². The van der Waals surface area contributed by atoms with Crippen molar-refractivity contribution in [3.63, 3.8) is 0 Å². The Hall–Kier alpha value is -1.31. The lowest BCUT2D eigenvalue weighted by molar-refractivity contribution is -0.123. The fourth-order valence-corrected chi connectivity index (χ4v) is 4.88. The zero-order chi connectivity index (χ0) is 17.8. The van der Waals surface area contributed by atoms with Crippen LogP contribution in [0, 0.1) is 0 Å². The number of carbonyl (C=O) groups is 1. The fourth-order valence-electron chi connectivity index (χ4n) is 2.66. The van der Waals surface area contributed by atoms with E-state index >= 15 is 0 Å². The van der Waals surface area contributed by atoms with Gasteiger partial charge in [-0.15, -0.1) is 0 Å². The van der Waals surface area contributed by atoms with Gasteiger partial charge in [0.1, 0.15) is 12.4 Å². The quantitative estimate of drug-likeness (QED) is 0.779. The average molecular weight is 375 g/mol. The zero-order valence-electron chi connectivity index (χ0n) is 13.9. The minimum atomic E-state index is -3.03. The Balaban J connectivity index is 1.71. The lowest BCUT2D eigenvalue weighted by Crippen LogP contribution is -2.50. The maximum Gasteiger partial charge on any atom is 0.234 e. The predicted molar refractivity (Wildman–Crippen MR) is 94.3 cm³/mol. The Bertz CT molecular complexity index is 678. The Kier molecular flexibility index (Phi) is 6.11. The number of nitrogens with one attached hydrogen (secondary N) is 1. The largest absolute Gasteiger partial charge is 0.492 e. The van der Waals surface area contributed by atoms with E-state index in [-0.39, 0.29) is 24.0 Å². The first kappa shape index (κ1) is 19.0. The molecule has 6 nitrogen and oxygen atoms in total. The van der Waals surface area contributed by atoms with Crippen LogP contribution in [-0.4, -0.2) is 63.0 Å². The molecule has 0 bridgehead atoms. The van der Waals surface area contributed by atoms with Crippen LogP contribution in [0.25, 0.3) is 0 Å². The summed E-state index contributed by atoms with van der Waals surface area (Å²) in [6.07, 6.45) is 0.463. The second-order valence-corrected chi connectivity index (χ2v) is 9.11. The number of rotatable bonds is 7. The van der Waals surface area contributed by atoms with Gasteiger partial charge in [0.2, 0.25) is 5.91 Å². The number of hydrogen-bond acceptors (Lipinski definition) is 5. The molecule has 1 aromatic carbocycles. The highest BCUT2D eigenvalue weighted by atomic mass is 35.5. The molecular formula is C16H23ClN2O4S. The number of ether oxygens (including phenoxy) is 1. The number of nitrogens with zero attached hydrogens (tertiary/aromatic N) is 1. The van der Waals surface area contributed by atoms with Crippen LogP contribution >= 0.6 is 11.6 Å². The third kappa shape index (κ3) is 5.96. The van der Waals surface area contributed by atoms with Crippen molar-refractivity contribution in [2.45, 2.75) is 18.9 Å². The molecule has 1 aliphatic heterocycles. The molecule has 134 valence electrons. The smallest absolute Gasteiger partial charge is 0.234 e. The van der Waals surface area contributed by atoms with E-state index in [1.54, 1.807) is 31.2 Å². The van der Waals surface area contributed by atoms with Crippen LogP contribution in [0.3, 0.4) is 0 Å². The second kappa shape index (κ2) is 7.72. The van der Waals surface area contributed by atoms with Crippen molar-refractivity contribution < 1.29 is 17.9 Å². The van der Waals surface area contributed by atoms with Crippen LogP contribution in [0.15, 0.2) is 24.3 Å². The summed E-state index contributed by atoms with van der Waals surface area (Å²) < 4.78 is 28.7. The molecule has 0 radical (unpaired) electrons. The highest BCUT2D eigenvalue weighted by molar-refractivity contribution is 7.91. The first-order chi connectivity index (χ1) is 11.2. The van der Waals surface area contributed by atoms with Gasteiger partial charge in [-0.3, -0.25) is 9.69 Å². The van der Waals surface area contributed by atoms with E-state index in [1.807, 2.05) is 11.9 Å². The molecule has 1 N–H and O–H groups in total. The lowest BCUT2D eigenvalue weighted by atomic mass is 10.0. The topological polar surface area (TPSA) is 75.7 Å². The van der Waals surface area contributed by atoms with Gasteiger partial charge < -0.3 is 10.1 Å². The second-order valence-electron chi connectivity index (χ2n) is 6.49. The van der Waals surface area contributed by atoms with E-state index in [0.717, 1.165) is 5.75 Å². The summed E-state index contributed by atoms with van der Waals surface area (Å²) in [7, 11) is -1.22. The summed E-state index contributed by atoms with van der Waals surface area (Å²) in [5, 5.41) is 3.49. The standard InChI is InChI=1S/C16H23ClN2O4S/c1-16(7-10-24(21,22)12-16)18-15(20)11-19(2)8-9-23-14-5-3-13(17)4-6-14/h3-6H,7-12H2,1-2H3,(H,18,20)/t16-/m0/s1. The molecule has 1 aliphatic rings. The third-order valence-corrected chi connectivity index (χ3v) is 6.07. The van der Waals surface area contributed by atoms with Gasteiger partial charge in [-0.25, -0.2) is 8.42 Å². The molecule has 1 saturated heterocycles. The van der Waals surface area contributed by atoms with E-state index in [9.17, 15) is 13.2 Å². The predicted octanol–water partition coefficient (Wildman–Crippen LogP) is 1.34. The molecule has 1 atom stereocenters. The van der Waals surface area contributed by atoms with Crippen LogP contribution in [0.5, 0.6) is 5.75 Å². The molecule has 0 aliphatic carbocycles. The van der Waals surface area contributed by atoms with Crippen molar-refractivity contribution in [3.05, 3.63) is 29.3 Å². The monoisotopic (exact) mass is 374 g/mol. The van der Waals surface area contributed by atoms with Gasteiger partial charge in [-0.2, -0.15) is 0 Å². The molecule has 1 fully saturated rings. The minimum Gasteiger partial charge on any atom is -0.492 e. The summed E-state index contributed by atoms with van der Waals surface area (Å²) in [6, 6.07) is 7.08.